The van der Waals surface area contributed by atoms with Gasteiger partial charge in [-0.25, -0.2) is 0 Å². The van der Waals surface area contributed by atoms with Crippen molar-refractivity contribution in [2.75, 3.05) is 12.1 Å². The van der Waals surface area contributed by atoms with Gasteiger partial charge in [0.2, 0.25) is 0 Å². The number of hydrogen-bond acceptors (Lipinski definition) is 2. The minimum absolute atomic E-state index is 0.646. The predicted octanol–water partition coefficient (Wildman–Crippen LogP) is 1.24. The molecule has 11 heavy (non-hydrogen) atoms. The molecule has 0 aliphatic heterocycles. The second kappa shape index (κ2) is 5.01. The van der Waals surface area contributed by atoms with E-state index in [1.54, 1.807) is 6.26 Å². The Bertz CT molecular complexity index is 102. The van der Waals surface area contributed by atoms with E-state index in [-0.39, 0.29) is 0 Å². The highest BCUT2D eigenvalue weighted by Gasteiger charge is 2.13. The third-order valence-electron chi connectivity index (χ3n) is 2.18. The summed E-state index contributed by atoms with van der Waals surface area (Å²) in [6.07, 6.45) is 8.36. The average molecular weight is 175 g/mol. The van der Waals surface area contributed by atoms with Crippen LogP contribution in [0.15, 0.2) is 0 Å². The van der Waals surface area contributed by atoms with Crippen LogP contribution in [0.5, 0.6) is 0 Å². The van der Waals surface area contributed by atoms with E-state index in [9.17, 15) is 4.55 Å². The molecule has 0 aromatic heterocycles. The van der Waals surface area contributed by atoms with Gasteiger partial charge < -0.3 is 4.55 Å². The maximum absolute atomic E-state index is 10.7. The van der Waals surface area contributed by atoms with Crippen LogP contribution in [0.3, 0.4) is 0 Å². The third kappa shape index (κ3) is 3.99. The fraction of sp³-hybridized carbons (Fsp3) is 1.00. The first-order valence-corrected chi connectivity index (χ1v) is 6.05. The highest BCUT2D eigenvalue weighted by molar-refractivity contribution is 7.90. The Labute approximate surface area is 71.9 Å². The number of rotatable bonds is 3. The molecule has 1 fully saturated rings. The molecule has 0 bridgehead atoms. The van der Waals surface area contributed by atoms with Crippen molar-refractivity contribution in [1.29, 1.82) is 0 Å². The van der Waals surface area contributed by atoms with Crippen molar-refractivity contribution >= 4 is 11.2 Å². The van der Waals surface area contributed by atoms with Crippen molar-refractivity contribution in [2.24, 2.45) is 0 Å². The molecule has 2 nitrogen and oxygen atoms in total. The summed E-state index contributed by atoms with van der Waals surface area (Å²) in [6, 6.07) is 0.646. The van der Waals surface area contributed by atoms with Gasteiger partial charge in [0.1, 0.15) is 0 Å². The van der Waals surface area contributed by atoms with Crippen LogP contribution >= 0.6 is 0 Å². The summed E-state index contributed by atoms with van der Waals surface area (Å²) in [5.41, 5.74) is 0. The Balaban J connectivity index is 2.05. The molecule has 1 N–H and O–H groups in total. The highest BCUT2D eigenvalue weighted by Crippen LogP contribution is 2.17. The molecule has 0 radical (unpaired) electrons. The Morgan fingerprint density at radius 3 is 2.55 bits per heavy atom. The maximum atomic E-state index is 10.7. The van der Waals surface area contributed by atoms with E-state index in [0.717, 1.165) is 0 Å². The quantitative estimate of drug-likeness (QED) is 0.655. The van der Waals surface area contributed by atoms with Gasteiger partial charge in [-0.05, 0) is 24.0 Å². The minimum atomic E-state index is -0.678. The molecule has 1 atom stereocenters. The van der Waals surface area contributed by atoms with Crippen LogP contribution < -0.4 is 5.32 Å². The van der Waals surface area contributed by atoms with Crippen LogP contribution in [0.25, 0.3) is 0 Å². The Morgan fingerprint density at radius 2 is 2.00 bits per heavy atom. The number of hydrogen-bond donors (Lipinski definition) is 1. The minimum Gasteiger partial charge on any atom is -0.616 e. The molecule has 0 aromatic rings. The molecule has 0 spiro atoms. The molecular weight excluding hydrogens is 158 g/mol. The molecule has 0 amide bonds. The highest BCUT2D eigenvalue weighted by atomic mass is 32.2. The van der Waals surface area contributed by atoms with E-state index in [1.165, 1.54) is 32.1 Å². The zero-order valence-electron chi connectivity index (χ0n) is 7.14. The van der Waals surface area contributed by atoms with Crippen molar-refractivity contribution in [3.8, 4) is 0 Å². The van der Waals surface area contributed by atoms with Gasteiger partial charge in [0.25, 0.3) is 0 Å². The largest absolute Gasteiger partial charge is 0.616 e. The predicted molar refractivity (Wildman–Crippen MR) is 48.9 cm³/mol. The first-order chi connectivity index (χ1) is 5.29. The van der Waals surface area contributed by atoms with Gasteiger partial charge in [0.05, 0.1) is 6.26 Å². The van der Waals surface area contributed by atoms with E-state index < -0.39 is 11.2 Å². The summed E-state index contributed by atoms with van der Waals surface area (Å²) in [4.78, 5) is 0. The summed E-state index contributed by atoms with van der Waals surface area (Å²) in [7, 11) is 0. The zero-order chi connectivity index (χ0) is 8.10. The molecule has 0 aromatic carbocycles. The second-order valence-corrected chi connectivity index (χ2v) is 4.69. The topological polar surface area (TPSA) is 35.1 Å². The van der Waals surface area contributed by atoms with Gasteiger partial charge in [-0.2, -0.15) is 0 Å². The summed E-state index contributed by atoms with van der Waals surface area (Å²) >= 11 is -0.678. The molecule has 0 heterocycles. The van der Waals surface area contributed by atoms with Crippen LogP contribution in [0.1, 0.15) is 32.1 Å². The van der Waals surface area contributed by atoms with E-state index >= 15 is 0 Å². The monoisotopic (exact) mass is 175 g/mol. The van der Waals surface area contributed by atoms with Crippen molar-refractivity contribution in [1.82, 2.24) is 5.32 Å². The zero-order valence-corrected chi connectivity index (χ0v) is 7.95. The van der Waals surface area contributed by atoms with Gasteiger partial charge in [0, 0.05) is 6.04 Å². The second-order valence-electron chi connectivity index (χ2n) is 3.26. The van der Waals surface area contributed by atoms with Crippen molar-refractivity contribution in [2.45, 2.75) is 38.1 Å². The van der Waals surface area contributed by atoms with Crippen LogP contribution in [-0.4, -0.2) is 22.7 Å². The molecule has 1 unspecified atom stereocenters. The SMILES string of the molecule is C[S+]([O-])CNC1CCCCC1. The van der Waals surface area contributed by atoms with Crippen LogP contribution in [0.2, 0.25) is 0 Å². The van der Waals surface area contributed by atoms with Crippen LogP contribution in [0, 0.1) is 0 Å². The first-order valence-electron chi connectivity index (χ1n) is 4.32. The molecule has 1 aliphatic carbocycles. The Morgan fingerprint density at radius 1 is 1.36 bits per heavy atom. The summed E-state index contributed by atoms with van der Waals surface area (Å²) < 4.78 is 10.7. The molecule has 1 saturated carbocycles. The Kier molecular flexibility index (Phi) is 4.26. The van der Waals surface area contributed by atoms with Crippen molar-refractivity contribution < 1.29 is 4.55 Å². The lowest BCUT2D eigenvalue weighted by atomic mass is 9.96. The molecule has 0 saturated heterocycles. The standard InChI is InChI=1S/C8H17NOS/c1-11(10)7-9-8-5-3-2-4-6-8/h8-9H,2-7H2,1H3. The van der Waals surface area contributed by atoms with Gasteiger partial charge in [-0.3, -0.25) is 5.32 Å². The molecule has 3 heteroatoms. The van der Waals surface area contributed by atoms with Crippen LogP contribution in [-0.2, 0) is 11.2 Å². The van der Waals surface area contributed by atoms with Crippen molar-refractivity contribution in [3.63, 3.8) is 0 Å². The summed E-state index contributed by atoms with van der Waals surface area (Å²) in [5, 5.41) is 3.32. The third-order valence-corrected chi connectivity index (χ3v) is 2.75. The van der Waals surface area contributed by atoms with E-state index in [4.69, 9.17) is 0 Å². The van der Waals surface area contributed by atoms with Gasteiger partial charge >= 0.3 is 0 Å². The van der Waals surface area contributed by atoms with Gasteiger partial charge in [-0.1, -0.05) is 19.3 Å². The fourth-order valence-electron chi connectivity index (χ4n) is 1.54. The summed E-state index contributed by atoms with van der Waals surface area (Å²) in [5.74, 6) is 0.671. The average Bonchev–Trinajstić information content (AvgIpc) is 2.03. The van der Waals surface area contributed by atoms with Crippen molar-refractivity contribution in [3.05, 3.63) is 0 Å². The lowest BCUT2D eigenvalue weighted by Crippen LogP contribution is -2.34. The number of nitrogens with one attached hydrogen (secondary N) is 1. The van der Waals surface area contributed by atoms with Crippen LogP contribution in [0.4, 0.5) is 0 Å². The molecule has 66 valence electrons. The van der Waals surface area contributed by atoms with E-state index in [2.05, 4.69) is 5.32 Å². The van der Waals surface area contributed by atoms with Gasteiger partial charge in [-0.15, -0.1) is 0 Å². The fourth-order valence-corrected chi connectivity index (χ4v) is 2.01. The summed E-state index contributed by atoms with van der Waals surface area (Å²) in [6.45, 7) is 0. The van der Waals surface area contributed by atoms with E-state index in [1.807, 2.05) is 0 Å². The lowest BCUT2D eigenvalue weighted by molar-refractivity contribution is 0.388. The smallest absolute Gasteiger partial charge is 0.156 e. The lowest BCUT2D eigenvalue weighted by Gasteiger charge is -2.22. The Hall–Kier alpha value is 0.270. The van der Waals surface area contributed by atoms with Gasteiger partial charge in [0.15, 0.2) is 5.88 Å². The maximum Gasteiger partial charge on any atom is 0.156 e. The first kappa shape index (κ1) is 9.36. The molecule has 1 aliphatic rings. The molecular formula is C8H17NOS. The normalized spacial score (nSPS) is 23.5. The molecule has 1 rings (SSSR count). The van der Waals surface area contributed by atoms with E-state index in [0.29, 0.717) is 11.9 Å².